The van der Waals surface area contributed by atoms with Crippen LogP contribution in [0, 0.1) is 0 Å². The van der Waals surface area contributed by atoms with Crippen molar-refractivity contribution in [3.8, 4) is 0 Å². The Bertz CT molecular complexity index is 255. The average molecular weight is 147 g/mol. The molecule has 58 valence electrons. The predicted molar refractivity (Wildman–Crippen MR) is 46.6 cm³/mol. The van der Waals surface area contributed by atoms with Gasteiger partial charge in [-0.15, -0.1) is 0 Å². The average Bonchev–Trinajstić information content (AvgIpc) is 2.47. The number of hydrogen-bond donors (Lipinski definition) is 1. The molecule has 1 aromatic rings. The molecule has 1 aliphatic rings. The summed E-state index contributed by atoms with van der Waals surface area (Å²) in [6.07, 6.45) is 2.47. The Hall–Kier alpha value is -0.820. The maximum absolute atomic E-state index is 5.65. The van der Waals surface area contributed by atoms with Crippen molar-refractivity contribution in [3.63, 3.8) is 0 Å². The molecule has 0 aliphatic heterocycles. The third-order valence-corrected chi connectivity index (χ3v) is 2.54. The second kappa shape index (κ2) is 2.67. The van der Waals surface area contributed by atoms with Gasteiger partial charge in [0.1, 0.15) is 0 Å². The SMILES string of the molecule is NC[C@@H]1CCc2ccccc21. The zero-order valence-electron chi connectivity index (χ0n) is 6.59. The summed E-state index contributed by atoms with van der Waals surface area (Å²) in [7, 11) is 0. The van der Waals surface area contributed by atoms with Crippen LogP contribution in [0.25, 0.3) is 0 Å². The van der Waals surface area contributed by atoms with Crippen LogP contribution in [0.4, 0.5) is 0 Å². The monoisotopic (exact) mass is 147 g/mol. The molecule has 0 saturated heterocycles. The van der Waals surface area contributed by atoms with E-state index in [4.69, 9.17) is 5.73 Å². The van der Waals surface area contributed by atoms with E-state index in [9.17, 15) is 0 Å². The fourth-order valence-corrected chi connectivity index (χ4v) is 1.89. The number of hydrogen-bond acceptors (Lipinski definition) is 1. The Morgan fingerprint density at radius 2 is 2.18 bits per heavy atom. The van der Waals surface area contributed by atoms with Gasteiger partial charge in [-0.25, -0.2) is 0 Å². The largest absolute Gasteiger partial charge is 0.330 e. The minimum atomic E-state index is 0.631. The molecule has 11 heavy (non-hydrogen) atoms. The van der Waals surface area contributed by atoms with Gasteiger partial charge in [-0.3, -0.25) is 0 Å². The van der Waals surface area contributed by atoms with Crippen molar-refractivity contribution in [2.75, 3.05) is 6.54 Å². The van der Waals surface area contributed by atoms with Gasteiger partial charge >= 0.3 is 0 Å². The van der Waals surface area contributed by atoms with Crippen LogP contribution in [-0.4, -0.2) is 6.54 Å². The molecule has 0 saturated carbocycles. The van der Waals surface area contributed by atoms with Gasteiger partial charge in [0.25, 0.3) is 0 Å². The minimum Gasteiger partial charge on any atom is -0.330 e. The maximum Gasteiger partial charge on any atom is -0.000802 e. The molecule has 1 nitrogen and oxygen atoms in total. The summed E-state index contributed by atoms with van der Waals surface area (Å²) in [5.41, 5.74) is 8.63. The molecular formula is C10H13N. The van der Waals surface area contributed by atoms with E-state index in [0.29, 0.717) is 5.92 Å². The molecule has 0 heterocycles. The van der Waals surface area contributed by atoms with Crippen molar-refractivity contribution in [2.24, 2.45) is 5.73 Å². The highest BCUT2D eigenvalue weighted by Gasteiger charge is 2.19. The van der Waals surface area contributed by atoms with Crippen molar-refractivity contribution >= 4 is 0 Å². The summed E-state index contributed by atoms with van der Waals surface area (Å²) >= 11 is 0. The summed E-state index contributed by atoms with van der Waals surface area (Å²) < 4.78 is 0. The van der Waals surface area contributed by atoms with E-state index in [2.05, 4.69) is 24.3 Å². The summed E-state index contributed by atoms with van der Waals surface area (Å²) in [5.74, 6) is 0.631. The number of nitrogens with two attached hydrogens (primary N) is 1. The Balaban J connectivity index is 2.39. The highest BCUT2D eigenvalue weighted by molar-refractivity contribution is 5.34. The zero-order chi connectivity index (χ0) is 7.68. The van der Waals surface area contributed by atoms with Gasteiger partial charge < -0.3 is 5.73 Å². The number of fused-ring (bicyclic) bond motifs is 1. The second-order valence-corrected chi connectivity index (χ2v) is 3.17. The van der Waals surface area contributed by atoms with Gasteiger partial charge in [-0.05, 0) is 36.4 Å². The molecule has 1 atom stereocenters. The lowest BCUT2D eigenvalue weighted by Gasteiger charge is -2.06. The summed E-state index contributed by atoms with van der Waals surface area (Å²) in [6, 6.07) is 8.63. The first-order valence-corrected chi connectivity index (χ1v) is 4.19. The van der Waals surface area contributed by atoms with E-state index in [1.54, 1.807) is 0 Å². The van der Waals surface area contributed by atoms with Crippen molar-refractivity contribution < 1.29 is 0 Å². The normalized spacial score (nSPS) is 21.7. The molecule has 1 aromatic carbocycles. The van der Waals surface area contributed by atoms with Gasteiger partial charge in [0.05, 0.1) is 0 Å². The van der Waals surface area contributed by atoms with Crippen LogP contribution in [0.15, 0.2) is 24.3 Å². The van der Waals surface area contributed by atoms with Crippen LogP contribution in [0.5, 0.6) is 0 Å². The lowest BCUT2D eigenvalue weighted by atomic mass is 10.0. The molecule has 0 fully saturated rings. The molecule has 1 aliphatic carbocycles. The fourth-order valence-electron chi connectivity index (χ4n) is 1.89. The highest BCUT2D eigenvalue weighted by Crippen LogP contribution is 2.31. The third kappa shape index (κ3) is 1.05. The second-order valence-electron chi connectivity index (χ2n) is 3.17. The van der Waals surface area contributed by atoms with Crippen molar-refractivity contribution in [3.05, 3.63) is 35.4 Å². The lowest BCUT2D eigenvalue weighted by molar-refractivity contribution is 0.688. The summed E-state index contributed by atoms with van der Waals surface area (Å²) in [4.78, 5) is 0. The topological polar surface area (TPSA) is 26.0 Å². The first-order chi connectivity index (χ1) is 5.42. The number of aryl methyl sites for hydroxylation is 1. The van der Waals surface area contributed by atoms with Gasteiger partial charge in [0.15, 0.2) is 0 Å². The quantitative estimate of drug-likeness (QED) is 0.642. The van der Waals surface area contributed by atoms with Gasteiger partial charge in [-0.2, -0.15) is 0 Å². The molecule has 0 aromatic heterocycles. The van der Waals surface area contributed by atoms with Crippen LogP contribution in [0.1, 0.15) is 23.5 Å². The standard InChI is InChI=1S/C10H13N/c11-7-9-6-5-8-3-1-2-4-10(8)9/h1-4,9H,5-7,11H2/t9-/m0/s1. The first-order valence-electron chi connectivity index (χ1n) is 4.19. The highest BCUT2D eigenvalue weighted by atomic mass is 14.6. The Kier molecular flexibility index (Phi) is 1.66. The summed E-state index contributed by atoms with van der Waals surface area (Å²) in [6.45, 7) is 0.803. The number of benzene rings is 1. The van der Waals surface area contributed by atoms with Gasteiger partial charge in [-0.1, -0.05) is 24.3 Å². The summed E-state index contributed by atoms with van der Waals surface area (Å²) in [5, 5.41) is 0. The van der Waals surface area contributed by atoms with E-state index in [1.807, 2.05) is 0 Å². The van der Waals surface area contributed by atoms with Crippen LogP contribution in [0.2, 0.25) is 0 Å². The molecule has 0 unspecified atom stereocenters. The predicted octanol–water partition coefficient (Wildman–Crippen LogP) is 1.68. The van der Waals surface area contributed by atoms with Crippen LogP contribution >= 0.6 is 0 Å². The van der Waals surface area contributed by atoms with Crippen molar-refractivity contribution in [2.45, 2.75) is 18.8 Å². The van der Waals surface area contributed by atoms with E-state index in [1.165, 1.54) is 24.0 Å². The Morgan fingerprint density at radius 1 is 1.36 bits per heavy atom. The van der Waals surface area contributed by atoms with E-state index < -0.39 is 0 Å². The van der Waals surface area contributed by atoms with Gasteiger partial charge in [0.2, 0.25) is 0 Å². The maximum atomic E-state index is 5.65. The molecule has 0 radical (unpaired) electrons. The van der Waals surface area contributed by atoms with E-state index in [0.717, 1.165) is 6.54 Å². The van der Waals surface area contributed by atoms with Crippen molar-refractivity contribution in [1.82, 2.24) is 0 Å². The van der Waals surface area contributed by atoms with E-state index in [-0.39, 0.29) is 0 Å². The van der Waals surface area contributed by atoms with Crippen LogP contribution in [0.3, 0.4) is 0 Å². The van der Waals surface area contributed by atoms with Crippen molar-refractivity contribution in [1.29, 1.82) is 0 Å². The third-order valence-electron chi connectivity index (χ3n) is 2.54. The molecule has 2 N–H and O–H groups in total. The van der Waals surface area contributed by atoms with Gasteiger partial charge in [0, 0.05) is 0 Å². The smallest absolute Gasteiger partial charge is 0.000802 e. The molecule has 0 spiro atoms. The molecule has 1 heteroatoms. The number of rotatable bonds is 1. The lowest BCUT2D eigenvalue weighted by Crippen LogP contribution is -2.08. The van der Waals surface area contributed by atoms with Crippen LogP contribution in [-0.2, 0) is 6.42 Å². The molecule has 2 rings (SSSR count). The molecular weight excluding hydrogens is 134 g/mol. The van der Waals surface area contributed by atoms with E-state index >= 15 is 0 Å². The molecule has 0 amide bonds. The molecule has 0 bridgehead atoms. The fraction of sp³-hybridized carbons (Fsp3) is 0.400. The Labute approximate surface area is 67.2 Å². The first kappa shape index (κ1) is 6.86. The van der Waals surface area contributed by atoms with Crippen LogP contribution < -0.4 is 5.73 Å². The Morgan fingerprint density at radius 3 is 3.00 bits per heavy atom. The zero-order valence-corrected chi connectivity index (χ0v) is 6.59. The minimum absolute atomic E-state index is 0.631.